The van der Waals surface area contributed by atoms with Gasteiger partial charge in [-0.3, -0.25) is 14.4 Å². The number of hydrogen-bond acceptors (Lipinski definition) is 7. The molecule has 4 amide bonds. The van der Waals surface area contributed by atoms with Gasteiger partial charge in [-0.2, -0.15) is 0 Å². The van der Waals surface area contributed by atoms with Gasteiger partial charge >= 0.3 is 18.0 Å². The molecule has 7 unspecified atom stereocenters. The predicted molar refractivity (Wildman–Crippen MR) is 158 cm³/mol. The molecule has 2 heterocycles. The molecule has 1 saturated carbocycles. The summed E-state index contributed by atoms with van der Waals surface area (Å²) in [6.45, 7) is 4.08. The molecule has 1 saturated heterocycles. The topological polar surface area (TPSA) is 206 Å². The van der Waals surface area contributed by atoms with Crippen molar-refractivity contribution in [3.05, 3.63) is 11.3 Å². The molecule has 0 aromatic carbocycles. The number of carboxylic acid groups (broad SMARTS) is 2. The third-order valence-corrected chi connectivity index (χ3v) is 9.11. The van der Waals surface area contributed by atoms with Gasteiger partial charge in [-0.05, 0) is 69.8 Å². The van der Waals surface area contributed by atoms with Crippen molar-refractivity contribution in [1.82, 2.24) is 26.6 Å². The summed E-state index contributed by atoms with van der Waals surface area (Å²) in [5.41, 5.74) is 0.562. The van der Waals surface area contributed by atoms with E-state index in [2.05, 4.69) is 26.6 Å². The number of aliphatic hydroxyl groups is 1. The zero-order valence-corrected chi connectivity index (χ0v) is 25.3. The Bertz CT molecular complexity index is 1050. The molecule has 0 bridgehead atoms. The van der Waals surface area contributed by atoms with Gasteiger partial charge in [0.25, 0.3) is 0 Å². The molecule has 242 valence electrons. The van der Waals surface area contributed by atoms with Gasteiger partial charge in [0.15, 0.2) is 0 Å². The van der Waals surface area contributed by atoms with E-state index in [0.717, 1.165) is 44.9 Å². The lowest BCUT2D eigenvalue weighted by molar-refractivity contribution is -0.147. The first-order valence-electron chi connectivity index (χ1n) is 15.7. The molecular weight excluding hydrogens is 558 g/mol. The Morgan fingerprint density at radius 1 is 0.884 bits per heavy atom. The normalized spacial score (nSPS) is 25.7. The Kier molecular flexibility index (Phi) is 13.1. The van der Waals surface area contributed by atoms with Gasteiger partial charge in [0.05, 0.1) is 18.2 Å². The van der Waals surface area contributed by atoms with E-state index in [1.54, 1.807) is 6.92 Å². The minimum Gasteiger partial charge on any atom is -0.481 e. The van der Waals surface area contributed by atoms with E-state index in [1.807, 2.05) is 0 Å². The molecule has 0 aromatic heterocycles. The van der Waals surface area contributed by atoms with Gasteiger partial charge in [0, 0.05) is 37.9 Å². The Labute approximate surface area is 253 Å². The molecule has 43 heavy (non-hydrogen) atoms. The number of nitrogens with one attached hydrogen (secondary N) is 5. The van der Waals surface area contributed by atoms with E-state index in [4.69, 9.17) is 0 Å². The minimum atomic E-state index is -1.19. The van der Waals surface area contributed by atoms with Crippen LogP contribution in [0.5, 0.6) is 0 Å². The predicted octanol–water partition coefficient (Wildman–Crippen LogP) is 1.61. The van der Waals surface area contributed by atoms with Crippen molar-refractivity contribution < 1.29 is 39.3 Å². The number of unbranched alkanes of at least 4 members (excludes halogenated alkanes) is 3. The van der Waals surface area contributed by atoms with Gasteiger partial charge in [-0.15, -0.1) is 0 Å². The summed E-state index contributed by atoms with van der Waals surface area (Å²) in [6, 6.07) is -0.309. The maximum Gasteiger partial charge on any atom is 0.351 e. The molecule has 0 aromatic rings. The standard InChI is InChI=1S/C30H49N5O8/c1-17-20(27(29(41)42)34-25(17)24(18(2)36)28(39)40)10-8-16-32-22(37)11-4-3-7-15-31-23(38)12-6-5-9-19-13-14-21-26(19)35-30(43)33-21/h17-19,21,24-26,34,36H,3-16H2,1-2H3,(H,31,38)(H,32,37)(H,39,40)(H,41,42)(H2,33,35,43). The van der Waals surface area contributed by atoms with Crippen LogP contribution in [-0.4, -0.2) is 82.4 Å². The zero-order chi connectivity index (χ0) is 31.5. The molecule has 7 atom stereocenters. The highest BCUT2D eigenvalue weighted by atomic mass is 16.4. The van der Waals surface area contributed by atoms with Crippen molar-refractivity contribution in [2.75, 3.05) is 13.1 Å². The van der Waals surface area contributed by atoms with Gasteiger partial charge in [-0.25, -0.2) is 9.59 Å². The van der Waals surface area contributed by atoms with E-state index in [9.17, 15) is 39.3 Å². The Balaban J connectivity index is 1.20. The maximum atomic E-state index is 12.2. The first-order valence-corrected chi connectivity index (χ1v) is 15.7. The number of rotatable bonds is 19. The van der Waals surface area contributed by atoms with Crippen LogP contribution in [0, 0.1) is 17.8 Å². The molecule has 13 heteroatoms. The van der Waals surface area contributed by atoms with Crippen LogP contribution in [0.15, 0.2) is 11.3 Å². The van der Waals surface area contributed by atoms with Crippen LogP contribution in [0.3, 0.4) is 0 Å². The second kappa shape index (κ2) is 16.5. The monoisotopic (exact) mass is 607 g/mol. The number of hydrogen-bond donors (Lipinski definition) is 8. The second-order valence-corrected chi connectivity index (χ2v) is 12.2. The van der Waals surface area contributed by atoms with E-state index in [1.165, 1.54) is 6.92 Å². The zero-order valence-electron chi connectivity index (χ0n) is 25.3. The van der Waals surface area contributed by atoms with E-state index in [-0.39, 0.29) is 35.6 Å². The summed E-state index contributed by atoms with van der Waals surface area (Å²) >= 11 is 0. The molecule has 13 nitrogen and oxygen atoms in total. The lowest BCUT2D eigenvalue weighted by atomic mass is 9.83. The molecule has 0 spiro atoms. The Morgan fingerprint density at radius 2 is 1.53 bits per heavy atom. The van der Waals surface area contributed by atoms with E-state index >= 15 is 0 Å². The third kappa shape index (κ3) is 9.84. The number of aliphatic carboxylic acids is 2. The number of carboxylic acids is 2. The van der Waals surface area contributed by atoms with Gasteiger partial charge < -0.3 is 41.9 Å². The average Bonchev–Trinajstić information content (AvgIpc) is 3.59. The first-order chi connectivity index (χ1) is 20.5. The highest BCUT2D eigenvalue weighted by Gasteiger charge is 2.43. The number of carbonyl (C=O) groups is 5. The fourth-order valence-corrected chi connectivity index (χ4v) is 6.78. The summed E-state index contributed by atoms with van der Waals surface area (Å²) in [5, 5.41) is 43.6. The van der Waals surface area contributed by atoms with Gasteiger partial charge in [0.1, 0.15) is 11.6 Å². The molecule has 8 N–H and O–H groups in total. The molecule has 0 radical (unpaired) electrons. The van der Waals surface area contributed by atoms with Crippen molar-refractivity contribution >= 4 is 29.8 Å². The lowest BCUT2D eigenvalue weighted by Gasteiger charge is -2.27. The highest BCUT2D eigenvalue weighted by molar-refractivity contribution is 5.88. The van der Waals surface area contributed by atoms with E-state index in [0.29, 0.717) is 56.7 Å². The van der Waals surface area contributed by atoms with Crippen molar-refractivity contribution in [3.8, 4) is 0 Å². The largest absolute Gasteiger partial charge is 0.481 e. The average molecular weight is 608 g/mol. The Morgan fingerprint density at radius 3 is 2.16 bits per heavy atom. The van der Waals surface area contributed by atoms with Gasteiger partial charge in [0.2, 0.25) is 11.8 Å². The van der Waals surface area contributed by atoms with Crippen LogP contribution in [0.4, 0.5) is 4.79 Å². The number of aliphatic hydroxyl groups excluding tert-OH is 1. The van der Waals surface area contributed by atoms with Crippen molar-refractivity contribution in [2.24, 2.45) is 17.8 Å². The number of amides is 4. The molecule has 2 fully saturated rings. The quantitative estimate of drug-likeness (QED) is 0.100. The molecule has 3 aliphatic rings. The van der Waals surface area contributed by atoms with Crippen LogP contribution in [0.2, 0.25) is 0 Å². The SMILES string of the molecule is CC(O)C(C(=O)O)C1NC(C(=O)O)=C(CCCNC(=O)CCCCCNC(=O)CCCCC2CCC3NC(=O)NC23)C1C. The van der Waals surface area contributed by atoms with Crippen LogP contribution >= 0.6 is 0 Å². The summed E-state index contributed by atoms with van der Waals surface area (Å²) in [5.74, 6) is -3.46. The molecule has 1 aliphatic carbocycles. The number of urea groups is 1. The highest BCUT2D eigenvalue weighted by Crippen LogP contribution is 2.34. The molecular formula is C30H49N5O8. The molecule has 2 aliphatic heterocycles. The van der Waals surface area contributed by atoms with Crippen LogP contribution < -0.4 is 26.6 Å². The fraction of sp³-hybridized carbons (Fsp3) is 0.767. The van der Waals surface area contributed by atoms with Gasteiger partial charge in [-0.1, -0.05) is 19.8 Å². The summed E-state index contributed by atoms with van der Waals surface area (Å²) in [7, 11) is 0. The van der Waals surface area contributed by atoms with Crippen molar-refractivity contribution in [3.63, 3.8) is 0 Å². The van der Waals surface area contributed by atoms with Crippen LogP contribution in [-0.2, 0) is 19.2 Å². The van der Waals surface area contributed by atoms with Crippen LogP contribution in [0.25, 0.3) is 0 Å². The van der Waals surface area contributed by atoms with Crippen molar-refractivity contribution in [1.29, 1.82) is 0 Å². The number of carbonyl (C=O) groups excluding carboxylic acids is 3. The summed E-state index contributed by atoms with van der Waals surface area (Å²) in [6.07, 6.45) is 7.85. The van der Waals surface area contributed by atoms with Crippen LogP contribution in [0.1, 0.15) is 90.9 Å². The van der Waals surface area contributed by atoms with Crippen molar-refractivity contribution in [2.45, 2.75) is 115 Å². The lowest BCUT2D eigenvalue weighted by Crippen LogP contribution is -2.45. The number of fused-ring (bicyclic) bond motifs is 1. The summed E-state index contributed by atoms with van der Waals surface area (Å²) < 4.78 is 0. The third-order valence-electron chi connectivity index (χ3n) is 9.11. The maximum absolute atomic E-state index is 12.2. The first kappa shape index (κ1) is 34.1. The minimum absolute atomic E-state index is 0.0250. The summed E-state index contributed by atoms with van der Waals surface area (Å²) in [4.78, 5) is 59.2. The van der Waals surface area contributed by atoms with E-state index < -0.39 is 35.9 Å². The Hall–Kier alpha value is -3.35. The smallest absolute Gasteiger partial charge is 0.351 e. The second-order valence-electron chi connectivity index (χ2n) is 12.2. The fourth-order valence-electron chi connectivity index (χ4n) is 6.78. The molecule has 3 rings (SSSR count).